The molecule has 6 heteroatoms. The van der Waals surface area contributed by atoms with Gasteiger partial charge in [0.05, 0.1) is 44.8 Å². The van der Waals surface area contributed by atoms with E-state index in [0.717, 1.165) is 73.3 Å². The number of fused-ring (bicyclic) bond motifs is 13. The van der Waals surface area contributed by atoms with Gasteiger partial charge in [-0.15, -0.1) is 0 Å². The standard InChI is InChI=1S/C76H55N5O/c1-76(2,3)53-41-42-77-71(45-53)80-68-39-40-69-72(61-29-14-13-27-59(61)62-32-20-33-63-60-28-15-16-34-65(60)81(69)75(62)63)73(68)64-38-37-55(47-70(64)80)82-56-44-52(49-21-7-4-8-22-49)43-54(46-56)78-48-79(67-36-18-17-35-66(67)78)74-57(50-23-9-5-10-24-50)30-19-31-58(74)51-25-11-6-12-26-51/h4-47H,48H2,1-3H3. The maximum Gasteiger partial charge on any atom is 0.137 e. The summed E-state index contributed by atoms with van der Waals surface area (Å²) in [6.07, 6.45) is 1.96. The molecule has 2 aliphatic heterocycles. The zero-order chi connectivity index (χ0) is 54.6. The van der Waals surface area contributed by atoms with Crippen molar-refractivity contribution in [2.75, 3.05) is 16.5 Å². The van der Waals surface area contributed by atoms with E-state index >= 15 is 0 Å². The van der Waals surface area contributed by atoms with Gasteiger partial charge in [-0.25, -0.2) is 4.98 Å². The first-order valence-electron chi connectivity index (χ1n) is 28.3. The third-order valence-electron chi connectivity index (χ3n) is 16.9. The average Bonchev–Trinajstić information content (AvgIpc) is 2.95. The number of nitrogens with zero attached hydrogens (tertiary/aromatic N) is 5. The summed E-state index contributed by atoms with van der Waals surface area (Å²) in [5.41, 5.74) is 22.9. The van der Waals surface area contributed by atoms with Crippen LogP contribution in [0.4, 0.5) is 22.7 Å². The van der Waals surface area contributed by atoms with Crippen molar-refractivity contribution in [2.45, 2.75) is 26.2 Å². The van der Waals surface area contributed by atoms with Crippen molar-refractivity contribution in [2.24, 2.45) is 0 Å². The van der Waals surface area contributed by atoms with Gasteiger partial charge in [0, 0.05) is 67.8 Å². The summed E-state index contributed by atoms with van der Waals surface area (Å²) in [5.74, 6) is 2.32. The van der Waals surface area contributed by atoms with Gasteiger partial charge in [0.15, 0.2) is 0 Å². The third-order valence-corrected chi connectivity index (χ3v) is 16.9. The van der Waals surface area contributed by atoms with E-state index in [4.69, 9.17) is 9.72 Å². The minimum atomic E-state index is -0.100. The highest BCUT2D eigenvalue weighted by molar-refractivity contribution is 6.23. The molecule has 0 bridgehead atoms. The highest BCUT2D eigenvalue weighted by Gasteiger charge is 2.33. The zero-order valence-electron chi connectivity index (χ0n) is 45.8. The minimum absolute atomic E-state index is 0.100. The summed E-state index contributed by atoms with van der Waals surface area (Å²) in [6, 6.07) is 94.6. The van der Waals surface area contributed by atoms with Crippen molar-refractivity contribution < 1.29 is 4.74 Å². The Hall–Kier alpha value is -10.4. The van der Waals surface area contributed by atoms with E-state index in [-0.39, 0.29) is 5.41 Å². The van der Waals surface area contributed by atoms with Crippen LogP contribution in [0.25, 0.3) is 111 Å². The number of hydrogen-bond donors (Lipinski definition) is 0. The molecule has 2 aliphatic rings. The smallest absolute Gasteiger partial charge is 0.137 e. The number of anilines is 4. The predicted octanol–water partition coefficient (Wildman–Crippen LogP) is 20.3. The highest BCUT2D eigenvalue weighted by atomic mass is 16.5. The molecular formula is C76H55N5O. The fraction of sp³-hybridized carbons (Fsp3) is 0.0658. The Morgan fingerprint density at radius 2 is 1.01 bits per heavy atom. The Morgan fingerprint density at radius 1 is 0.390 bits per heavy atom. The molecule has 0 saturated heterocycles. The van der Waals surface area contributed by atoms with Crippen LogP contribution < -0.4 is 14.5 Å². The maximum atomic E-state index is 7.30. The van der Waals surface area contributed by atoms with E-state index in [1.807, 2.05) is 6.20 Å². The third kappa shape index (κ3) is 7.52. The van der Waals surface area contributed by atoms with E-state index in [1.54, 1.807) is 0 Å². The number of rotatable bonds is 8. The fourth-order valence-corrected chi connectivity index (χ4v) is 13.2. The van der Waals surface area contributed by atoms with Gasteiger partial charge < -0.3 is 19.1 Å². The molecule has 0 spiro atoms. The van der Waals surface area contributed by atoms with Gasteiger partial charge in [0.2, 0.25) is 0 Å². The van der Waals surface area contributed by atoms with Crippen molar-refractivity contribution in [3.05, 3.63) is 273 Å². The molecule has 0 atom stereocenters. The molecule has 0 N–H and O–H groups in total. The summed E-state index contributed by atoms with van der Waals surface area (Å²) < 4.78 is 12.2. The van der Waals surface area contributed by atoms with Gasteiger partial charge in [-0.2, -0.15) is 0 Å². The van der Waals surface area contributed by atoms with Crippen molar-refractivity contribution in [3.8, 4) is 78.6 Å². The van der Waals surface area contributed by atoms with Crippen molar-refractivity contribution in [1.29, 1.82) is 0 Å². The number of ether oxygens (including phenoxy) is 1. The van der Waals surface area contributed by atoms with Crippen LogP contribution in [0.15, 0.2) is 267 Å². The Morgan fingerprint density at radius 3 is 1.76 bits per heavy atom. The van der Waals surface area contributed by atoms with E-state index in [0.29, 0.717) is 6.67 Å². The first kappa shape index (κ1) is 47.6. The summed E-state index contributed by atoms with van der Waals surface area (Å²) in [4.78, 5) is 10.1. The highest BCUT2D eigenvalue weighted by Crippen LogP contribution is 2.53. The van der Waals surface area contributed by atoms with Gasteiger partial charge in [-0.05, 0) is 111 Å². The maximum absolute atomic E-state index is 7.30. The molecule has 0 saturated carbocycles. The molecule has 390 valence electrons. The lowest BCUT2D eigenvalue weighted by molar-refractivity contribution is 0.483. The van der Waals surface area contributed by atoms with Crippen LogP contribution in [0.2, 0.25) is 0 Å². The van der Waals surface area contributed by atoms with E-state index in [9.17, 15) is 0 Å². The lowest BCUT2D eigenvalue weighted by Crippen LogP contribution is -2.25. The van der Waals surface area contributed by atoms with E-state index in [2.05, 4.69) is 301 Å². The largest absolute Gasteiger partial charge is 0.457 e. The molecule has 5 heterocycles. The van der Waals surface area contributed by atoms with E-state index in [1.165, 1.54) is 77.3 Å². The normalized spacial score (nSPS) is 12.7. The number of aromatic nitrogens is 3. The van der Waals surface area contributed by atoms with Crippen molar-refractivity contribution in [3.63, 3.8) is 0 Å². The van der Waals surface area contributed by atoms with Crippen LogP contribution in [-0.2, 0) is 5.41 Å². The summed E-state index contributed by atoms with van der Waals surface area (Å²) >= 11 is 0. The molecular weight excluding hydrogens is 999 g/mol. The van der Waals surface area contributed by atoms with Crippen LogP contribution in [0.5, 0.6) is 11.5 Å². The Kier molecular flexibility index (Phi) is 10.8. The lowest BCUT2D eigenvalue weighted by Gasteiger charge is -2.27. The second-order valence-corrected chi connectivity index (χ2v) is 22.7. The van der Waals surface area contributed by atoms with Gasteiger partial charge in [-0.3, -0.25) is 4.57 Å². The van der Waals surface area contributed by atoms with Gasteiger partial charge >= 0.3 is 0 Å². The second-order valence-electron chi connectivity index (χ2n) is 22.7. The number of benzene rings is 11. The molecule has 16 rings (SSSR count). The Balaban J connectivity index is 0.884. The molecule has 14 aromatic rings. The molecule has 0 amide bonds. The fourth-order valence-electron chi connectivity index (χ4n) is 13.2. The average molecular weight is 1050 g/mol. The molecule has 0 radical (unpaired) electrons. The molecule has 0 fully saturated rings. The Bertz CT molecular complexity index is 4800. The summed E-state index contributed by atoms with van der Waals surface area (Å²) in [5, 5.41) is 4.78. The summed E-state index contributed by atoms with van der Waals surface area (Å²) in [6.45, 7) is 7.38. The lowest BCUT2D eigenvalue weighted by atomic mass is 9.88. The van der Waals surface area contributed by atoms with Crippen LogP contribution in [0.1, 0.15) is 26.3 Å². The molecule has 11 aromatic carbocycles. The number of pyridine rings is 1. The minimum Gasteiger partial charge on any atom is -0.457 e. The van der Waals surface area contributed by atoms with Crippen molar-refractivity contribution in [1.82, 2.24) is 14.1 Å². The molecule has 3 aromatic heterocycles. The van der Waals surface area contributed by atoms with Crippen LogP contribution in [-0.4, -0.2) is 20.8 Å². The van der Waals surface area contributed by atoms with Crippen LogP contribution >= 0.6 is 0 Å². The molecule has 82 heavy (non-hydrogen) atoms. The van der Waals surface area contributed by atoms with Crippen molar-refractivity contribution >= 4 is 66.4 Å². The Labute approximate surface area is 476 Å². The predicted molar refractivity (Wildman–Crippen MR) is 341 cm³/mol. The quantitative estimate of drug-likeness (QED) is 0.152. The topological polar surface area (TPSA) is 38.5 Å². The van der Waals surface area contributed by atoms with Crippen LogP contribution in [0, 0.1) is 0 Å². The van der Waals surface area contributed by atoms with Gasteiger partial charge in [-0.1, -0.05) is 203 Å². The van der Waals surface area contributed by atoms with Crippen LogP contribution in [0.3, 0.4) is 0 Å². The molecule has 0 unspecified atom stereocenters. The summed E-state index contributed by atoms with van der Waals surface area (Å²) in [7, 11) is 0. The second kappa shape index (κ2) is 18.6. The first-order chi connectivity index (χ1) is 40.3. The van der Waals surface area contributed by atoms with Gasteiger partial charge in [0.25, 0.3) is 0 Å². The molecule has 0 aliphatic carbocycles. The van der Waals surface area contributed by atoms with Gasteiger partial charge in [0.1, 0.15) is 24.0 Å². The first-order valence-corrected chi connectivity index (χ1v) is 28.3. The molecule has 6 nitrogen and oxygen atoms in total. The zero-order valence-corrected chi connectivity index (χ0v) is 45.8. The number of hydrogen-bond acceptors (Lipinski definition) is 4. The van der Waals surface area contributed by atoms with E-state index < -0.39 is 0 Å². The number of para-hydroxylation sites is 5. The SMILES string of the molecule is CC(C)(C)c1ccnc(-n2c3cc(Oc4cc(-c5ccccc5)cc(N5CN(c6c(-c7ccccc7)cccc6-c6ccccc6)c6ccccc65)c4)ccc3c3c4c(ccc32)-n2c3ccccc3c3cccc(c32)-c2ccccc2-4)c1. The monoisotopic (exact) mass is 1050 g/mol.